The zero-order valence-electron chi connectivity index (χ0n) is 6.93. The lowest BCUT2D eigenvalue weighted by molar-refractivity contribution is 0.148. The van der Waals surface area contributed by atoms with Crippen LogP contribution in [0.3, 0.4) is 0 Å². The van der Waals surface area contributed by atoms with Crippen molar-refractivity contribution in [2.45, 2.75) is 20.3 Å². The molecule has 64 valence electrons. The van der Waals surface area contributed by atoms with E-state index in [0.717, 1.165) is 5.01 Å². The highest BCUT2D eigenvalue weighted by Gasteiger charge is 2.15. The largest absolute Gasteiger partial charge is 0.279 e. The van der Waals surface area contributed by atoms with Gasteiger partial charge in [0.05, 0.1) is 0 Å². The number of hydrogen-bond acceptors (Lipinski definition) is 2. The Balaban J connectivity index is 4.62. The first-order valence-corrected chi connectivity index (χ1v) is 3.16. The zero-order chi connectivity index (χ0) is 9.02. The molecule has 0 N–H and O–H groups in total. The number of hydrogen-bond donors (Lipinski definition) is 0. The number of hydrazone groups is 1. The lowest BCUT2D eigenvalue weighted by Gasteiger charge is -2.17. The molecule has 0 amide bonds. The standard InChI is InChI=1S/C7H12F2N2/c1-5(2)6(7(8)9)11(4)10-3/h7H,3H2,1-2,4H3. The number of allylic oxidation sites excluding steroid dienone is 2. The van der Waals surface area contributed by atoms with Crippen molar-refractivity contribution >= 4 is 6.72 Å². The molecule has 0 unspecified atom stereocenters. The molecule has 2 nitrogen and oxygen atoms in total. The van der Waals surface area contributed by atoms with Crippen molar-refractivity contribution in [3.8, 4) is 0 Å². The van der Waals surface area contributed by atoms with E-state index >= 15 is 0 Å². The minimum atomic E-state index is -2.49. The molecule has 0 atom stereocenters. The third kappa shape index (κ3) is 2.65. The van der Waals surface area contributed by atoms with Gasteiger partial charge in [-0.25, -0.2) is 8.78 Å². The predicted octanol–water partition coefficient (Wildman–Crippen LogP) is 2.09. The summed E-state index contributed by atoms with van der Waals surface area (Å²) in [4.78, 5) is 0. The number of nitrogens with zero attached hydrogens (tertiary/aromatic N) is 2. The van der Waals surface area contributed by atoms with Crippen LogP contribution in [-0.4, -0.2) is 25.2 Å². The van der Waals surface area contributed by atoms with Crippen molar-refractivity contribution in [2.75, 3.05) is 7.05 Å². The number of halogens is 2. The van der Waals surface area contributed by atoms with Gasteiger partial charge in [0.1, 0.15) is 5.70 Å². The fourth-order valence-electron chi connectivity index (χ4n) is 0.759. The van der Waals surface area contributed by atoms with Crippen molar-refractivity contribution in [3.63, 3.8) is 0 Å². The summed E-state index contributed by atoms with van der Waals surface area (Å²) in [6, 6.07) is 0. The first-order valence-electron chi connectivity index (χ1n) is 3.16. The van der Waals surface area contributed by atoms with Crippen LogP contribution in [0.5, 0.6) is 0 Å². The van der Waals surface area contributed by atoms with Crippen molar-refractivity contribution in [3.05, 3.63) is 11.3 Å². The molecule has 0 radical (unpaired) electrons. The van der Waals surface area contributed by atoms with Gasteiger partial charge in [0.25, 0.3) is 6.43 Å². The summed E-state index contributed by atoms with van der Waals surface area (Å²) in [5, 5.41) is 4.46. The zero-order valence-corrected chi connectivity index (χ0v) is 6.93. The summed E-state index contributed by atoms with van der Waals surface area (Å²) in [5.74, 6) is 0. The van der Waals surface area contributed by atoms with Crippen LogP contribution in [0.2, 0.25) is 0 Å². The Morgan fingerprint density at radius 3 is 2.00 bits per heavy atom. The summed E-state index contributed by atoms with van der Waals surface area (Å²) >= 11 is 0. The van der Waals surface area contributed by atoms with Crippen LogP contribution in [-0.2, 0) is 0 Å². The van der Waals surface area contributed by atoms with E-state index in [9.17, 15) is 8.78 Å². The summed E-state index contributed by atoms with van der Waals surface area (Å²) in [5.41, 5.74) is 0.468. The van der Waals surface area contributed by atoms with Crippen molar-refractivity contribution in [1.29, 1.82) is 0 Å². The van der Waals surface area contributed by atoms with Gasteiger partial charge in [-0.3, -0.25) is 5.01 Å². The van der Waals surface area contributed by atoms with Crippen LogP contribution in [0.1, 0.15) is 13.8 Å². The van der Waals surface area contributed by atoms with Gasteiger partial charge in [-0.15, -0.1) is 0 Å². The second-order valence-corrected chi connectivity index (χ2v) is 2.35. The Morgan fingerprint density at radius 2 is 1.91 bits per heavy atom. The lowest BCUT2D eigenvalue weighted by Crippen LogP contribution is -2.17. The summed E-state index contributed by atoms with van der Waals surface area (Å²) in [6.07, 6.45) is -2.49. The summed E-state index contributed by atoms with van der Waals surface area (Å²) in [7, 11) is 1.45. The average molecular weight is 162 g/mol. The monoisotopic (exact) mass is 162 g/mol. The summed E-state index contributed by atoms with van der Waals surface area (Å²) in [6.45, 7) is 6.38. The topological polar surface area (TPSA) is 15.6 Å². The Labute approximate surface area is 65.2 Å². The normalized spacial score (nSPS) is 9.64. The van der Waals surface area contributed by atoms with E-state index in [1.165, 1.54) is 7.05 Å². The van der Waals surface area contributed by atoms with Crippen LogP contribution in [0.15, 0.2) is 16.4 Å². The van der Waals surface area contributed by atoms with Gasteiger partial charge in [0.15, 0.2) is 0 Å². The van der Waals surface area contributed by atoms with Crippen molar-refractivity contribution < 1.29 is 8.78 Å². The Morgan fingerprint density at radius 1 is 1.45 bits per heavy atom. The van der Waals surface area contributed by atoms with Crippen molar-refractivity contribution in [1.82, 2.24) is 5.01 Å². The molecule has 0 saturated carbocycles. The molecule has 4 heteroatoms. The maximum Gasteiger partial charge on any atom is 0.279 e. The van der Waals surface area contributed by atoms with Crippen LogP contribution >= 0.6 is 0 Å². The lowest BCUT2D eigenvalue weighted by atomic mass is 10.2. The Kier molecular flexibility index (Phi) is 3.71. The van der Waals surface area contributed by atoms with E-state index < -0.39 is 6.43 Å². The van der Waals surface area contributed by atoms with Crippen LogP contribution in [0.4, 0.5) is 8.78 Å². The fraction of sp³-hybridized carbons (Fsp3) is 0.571. The summed E-state index contributed by atoms with van der Waals surface area (Å²) < 4.78 is 24.4. The molecular formula is C7H12F2N2. The van der Waals surface area contributed by atoms with Gasteiger partial charge in [-0.05, 0) is 19.4 Å². The van der Waals surface area contributed by atoms with E-state index in [1.807, 2.05) is 0 Å². The molecule has 0 rings (SSSR count). The predicted molar refractivity (Wildman–Crippen MR) is 41.7 cm³/mol. The van der Waals surface area contributed by atoms with Crippen LogP contribution in [0.25, 0.3) is 0 Å². The number of rotatable bonds is 3. The molecule has 0 aliphatic heterocycles. The quantitative estimate of drug-likeness (QED) is 0.458. The highest BCUT2D eigenvalue weighted by molar-refractivity contribution is 5.24. The second-order valence-electron chi connectivity index (χ2n) is 2.35. The second kappa shape index (κ2) is 4.05. The van der Waals surface area contributed by atoms with Gasteiger partial charge in [0.2, 0.25) is 0 Å². The van der Waals surface area contributed by atoms with Gasteiger partial charge in [-0.1, -0.05) is 0 Å². The molecule has 0 aliphatic carbocycles. The molecule has 11 heavy (non-hydrogen) atoms. The SMILES string of the molecule is C=NN(C)C(=C(C)C)C(F)F. The molecular weight excluding hydrogens is 150 g/mol. The van der Waals surface area contributed by atoms with E-state index in [2.05, 4.69) is 11.8 Å². The molecule has 0 bridgehead atoms. The number of alkyl halides is 2. The molecule has 0 aliphatic rings. The van der Waals surface area contributed by atoms with Gasteiger partial charge in [-0.2, -0.15) is 5.10 Å². The van der Waals surface area contributed by atoms with E-state index in [1.54, 1.807) is 13.8 Å². The Hall–Kier alpha value is -0.930. The molecule has 0 aromatic carbocycles. The maximum atomic E-state index is 12.2. The van der Waals surface area contributed by atoms with E-state index in [4.69, 9.17) is 0 Å². The Bertz CT molecular complexity index is 171. The molecule has 0 saturated heterocycles. The highest BCUT2D eigenvalue weighted by Crippen LogP contribution is 2.16. The molecule has 0 aromatic rings. The van der Waals surface area contributed by atoms with Crippen LogP contribution < -0.4 is 0 Å². The van der Waals surface area contributed by atoms with E-state index in [-0.39, 0.29) is 5.70 Å². The maximum absolute atomic E-state index is 12.2. The van der Waals surface area contributed by atoms with Gasteiger partial charge in [0, 0.05) is 13.8 Å². The molecule has 0 fully saturated rings. The first kappa shape index (κ1) is 10.1. The third-order valence-corrected chi connectivity index (χ3v) is 1.28. The molecule has 0 aromatic heterocycles. The third-order valence-electron chi connectivity index (χ3n) is 1.28. The van der Waals surface area contributed by atoms with Gasteiger partial charge < -0.3 is 0 Å². The fourth-order valence-corrected chi connectivity index (χ4v) is 0.759. The first-order chi connectivity index (χ1) is 5.00. The minimum absolute atomic E-state index is 0.0833. The van der Waals surface area contributed by atoms with Crippen LogP contribution in [0, 0.1) is 0 Å². The van der Waals surface area contributed by atoms with E-state index in [0.29, 0.717) is 5.57 Å². The molecule has 0 spiro atoms. The minimum Gasteiger partial charge on any atom is -0.268 e. The highest BCUT2D eigenvalue weighted by atomic mass is 19.3. The molecule has 0 heterocycles. The average Bonchev–Trinajstić information content (AvgIpc) is 1.85. The van der Waals surface area contributed by atoms with Gasteiger partial charge >= 0.3 is 0 Å². The van der Waals surface area contributed by atoms with Crippen molar-refractivity contribution in [2.24, 2.45) is 5.10 Å². The smallest absolute Gasteiger partial charge is 0.268 e.